The van der Waals surface area contributed by atoms with Crippen LogP contribution in [0.3, 0.4) is 0 Å². The topological polar surface area (TPSA) is 22.9 Å². The molecule has 0 radical (unpaired) electrons. The van der Waals surface area contributed by atoms with Gasteiger partial charge in [0, 0.05) is 21.5 Å². The van der Waals surface area contributed by atoms with Crippen LogP contribution >= 0.6 is 0 Å². The first kappa shape index (κ1) is 26.3. The van der Waals surface area contributed by atoms with Gasteiger partial charge in [0.1, 0.15) is 0 Å². The standard InChI is InChI=1S/C42H32BNO2/c1-41(2)42(3,4)46-43(45-41)26-20-21-32-35(24-26)29-12-6-5-11-28(29)31-15-9-14-27(39(31)32)25-19-22-38-36(23-25)34-17-10-16-33-30-13-7-8-18-37(30)44(38)40(33)34/h5-24H,1-4H3. The summed E-state index contributed by atoms with van der Waals surface area (Å²) in [5.41, 5.74) is 6.55. The van der Waals surface area contributed by atoms with Crippen LogP contribution in [-0.2, 0) is 9.31 Å². The summed E-state index contributed by atoms with van der Waals surface area (Å²) in [4.78, 5) is 0. The number of fused-ring (bicyclic) bond motifs is 12. The van der Waals surface area contributed by atoms with Crippen molar-refractivity contribution in [3.8, 4) is 11.1 Å². The maximum atomic E-state index is 6.48. The van der Waals surface area contributed by atoms with Crippen LogP contribution in [0.5, 0.6) is 0 Å². The molecule has 10 rings (SSSR count). The van der Waals surface area contributed by atoms with Crippen LogP contribution in [0.25, 0.3) is 81.5 Å². The fourth-order valence-corrected chi connectivity index (χ4v) is 7.99. The van der Waals surface area contributed by atoms with E-state index in [1.807, 2.05) is 0 Å². The Kier molecular flexibility index (Phi) is 5.08. The minimum atomic E-state index is -0.410. The van der Waals surface area contributed by atoms with Gasteiger partial charge in [-0.2, -0.15) is 0 Å². The molecule has 3 heterocycles. The van der Waals surface area contributed by atoms with E-state index < -0.39 is 18.3 Å². The van der Waals surface area contributed by atoms with Gasteiger partial charge >= 0.3 is 7.12 Å². The Labute approximate surface area is 267 Å². The Morgan fingerprint density at radius 2 is 1.07 bits per heavy atom. The summed E-state index contributed by atoms with van der Waals surface area (Å²) in [6.07, 6.45) is 0. The summed E-state index contributed by atoms with van der Waals surface area (Å²) in [5, 5.41) is 12.7. The van der Waals surface area contributed by atoms with Gasteiger partial charge in [-0.1, -0.05) is 103 Å². The smallest absolute Gasteiger partial charge is 0.399 e. The van der Waals surface area contributed by atoms with E-state index in [2.05, 4.69) is 153 Å². The largest absolute Gasteiger partial charge is 0.494 e. The van der Waals surface area contributed by atoms with Crippen molar-refractivity contribution in [3.05, 3.63) is 121 Å². The monoisotopic (exact) mass is 593 g/mol. The summed E-state index contributed by atoms with van der Waals surface area (Å²) in [5.74, 6) is 0. The molecular formula is C42H32BNO2. The molecule has 46 heavy (non-hydrogen) atoms. The molecule has 0 bridgehead atoms. The van der Waals surface area contributed by atoms with Crippen LogP contribution in [0, 0.1) is 0 Å². The van der Waals surface area contributed by atoms with Crippen molar-refractivity contribution >= 4 is 83.0 Å². The van der Waals surface area contributed by atoms with Crippen LogP contribution in [0.4, 0.5) is 0 Å². The highest BCUT2D eigenvalue weighted by molar-refractivity contribution is 6.62. The van der Waals surface area contributed by atoms with E-state index in [-0.39, 0.29) is 0 Å². The molecule has 0 unspecified atom stereocenters. The summed E-state index contributed by atoms with van der Waals surface area (Å²) in [7, 11) is -0.410. The molecule has 0 spiro atoms. The summed E-state index contributed by atoms with van der Waals surface area (Å²) >= 11 is 0. The van der Waals surface area contributed by atoms with E-state index in [0.717, 1.165) is 5.46 Å². The molecule has 0 saturated carbocycles. The molecule has 9 aromatic rings. The first-order chi connectivity index (χ1) is 22.3. The van der Waals surface area contributed by atoms with Crippen molar-refractivity contribution in [2.45, 2.75) is 38.9 Å². The molecule has 0 atom stereocenters. The van der Waals surface area contributed by atoms with Crippen molar-refractivity contribution in [2.75, 3.05) is 0 Å². The third kappa shape index (κ3) is 3.35. The van der Waals surface area contributed by atoms with Crippen molar-refractivity contribution in [1.29, 1.82) is 0 Å². The van der Waals surface area contributed by atoms with Gasteiger partial charge in [0.2, 0.25) is 0 Å². The van der Waals surface area contributed by atoms with Gasteiger partial charge in [0.25, 0.3) is 0 Å². The third-order valence-electron chi connectivity index (χ3n) is 10.9. The van der Waals surface area contributed by atoms with E-state index in [0.29, 0.717) is 0 Å². The molecule has 4 heteroatoms. The predicted octanol–water partition coefficient (Wildman–Crippen LogP) is 10.3. The maximum Gasteiger partial charge on any atom is 0.494 e. The van der Waals surface area contributed by atoms with Gasteiger partial charge in [-0.15, -0.1) is 0 Å². The number of aromatic nitrogens is 1. The average molecular weight is 594 g/mol. The third-order valence-corrected chi connectivity index (χ3v) is 10.9. The second-order valence-corrected chi connectivity index (χ2v) is 14.0. The fourth-order valence-electron chi connectivity index (χ4n) is 7.99. The summed E-state index contributed by atoms with van der Waals surface area (Å²) in [6.45, 7) is 8.44. The summed E-state index contributed by atoms with van der Waals surface area (Å²) in [6, 6.07) is 44.8. The zero-order valence-electron chi connectivity index (χ0n) is 26.4. The van der Waals surface area contributed by atoms with E-state index in [1.165, 1.54) is 81.5 Å². The number of rotatable bonds is 2. The quantitative estimate of drug-likeness (QED) is 0.147. The van der Waals surface area contributed by atoms with Crippen molar-refractivity contribution in [1.82, 2.24) is 4.40 Å². The average Bonchev–Trinajstić information content (AvgIpc) is 3.67. The van der Waals surface area contributed by atoms with Crippen LogP contribution in [0.2, 0.25) is 0 Å². The molecule has 2 aromatic heterocycles. The first-order valence-corrected chi connectivity index (χ1v) is 16.2. The molecule has 1 saturated heterocycles. The first-order valence-electron chi connectivity index (χ1n) is 16.2. The lowest BCUT2D eigenvalue weighted by Crippen LogP contribution is -2.41. The van der Waals surface area contributed by atoms with Crippen LogP contribution in [0.15, 0.2) is 121 Å². The minimum absolute atomic E-state index is 0.393. The highest BCUT2D eigenvalue weighted by Gasteiger charge is 2.51. The number of para-hydroxylation sites is 2. The van der Waals surface area contributed by atoms with E-state index in [1.54, 1.807) is 0 Å². The fraction of sp³-hybridized carbons (Fsp3) is 0.143. The van der Waals surface area contributed by atoms with Gasteiger partial charge in [-0.25, -0.2) is 0 Å². The van der Waals surface area contributed by atoms with Gasteiger partial charge in [-0.05, 0) is 94.8 Å². The molecular weight excluding hydrogens is 561 g/mol. The molecule has 7 aromatic carbocycles. The zero-order chi connectivity index (χ0) is 30.9. The normalized spacial score (nSPS) is 16.4. The maximum absolute atomic E-state index is 6.48. The number of nitrogens with zero attached hydrogens (tertiary/aromatic N) is 1. The molecule has 3 nitrogen and oxygen atoms in total. The van der Waals surface area contributed by atoms with Gasteiger partial charge in [-0.3, -0.25) is 0 Å². The number of hydrogen-bond acceptors (Lipinski definition) is 2. The molecule has 220 valence electrons. The summed E-state index contributed by atoms with van der Waals surface area (Å²) < 4.78 is 15.4. The lowest BCUT2D eigenvalue weighted by molar-refractivity contribution is 0.00578. The highest BCUT2D eigenvalue weighted by Crippen LogP contribution is 2.44. The molecule has 1 fully saturated rings. The van der Waals surface area contributed by atoms with Crippen molar-refractivity contribution in [2.24, 2.45) is 0 Å². The molecule has 1 aliphatic heterocycles. The Balaban J connectivity index is 1.24. The molecule has 1 aliphatic rings. The minimum Gasteiger partial charge on any atom is -0.399 e. The van der Waals surface area contributed by atoms with Crippen LogP contribution in [0.1, 0.15) is 27.7 Å². The highest BCUT2D eigenvalue weighted by atomic mass is 16.7. The van der Waals surface area contributed by atoms with E-state index in [4.69, 9.17) is 9.31 Å². The lowest BCUT2D eigenvalue weighted by Gasteiger charge is -2.32. The number of benzene rings is 7. The Bertz CT molecular complexity index is 2700. The van der Waals surface area contributed by atoms with Crippen LogP contribution in [-0.4, -0.2) is 22.7 Å². The SMILES string of the molecule is CC1(C)OB(c2ccc3c(c2)c2ccccc2c2cccc(-c4ccc5c(c4)c4cccc6c7ccccc7n5c64)c23)OC1(C)C. The van der Waals surface area contributed by atoms with Crippen LogP contribution < -0.4 is 5.46 Å². The molecule has 0 N–H and O–H groups in total. The second kappa shape index (κ2) is 8.88. The van der Waals surface area contributed by atoms with Crippen molar-refractivity contribution in [3.63, 3.8) is 0 Å². The Hall–Kier alpha value is -4.90. The van der Waals surface area contributed by atoms with E-state index >= 15 is 0 Å². The Morgan fingerprint density at radius 1 is 0.478 bits per heavy atom. The molecule has 0 amide bonds. The van der Waals surface area contributed by atoms with Crippen molar-refractivity contribution < 1.29 is 9.31 Å². The lowest BCUT2D eigenvalue weighted by atomic mass is 9.77. The van der Waals surface area contributed by atoms with Gasteiger partial charge < -0.3 is 13.7 Å². The van der Waals surface area contributed by atoms with Gasteiger partial charge in [0.05, 0.1) is 27.8 Å². The predicted molar refractivity (Wildman–Crippen MR) is 195 cm³/mol. The second-order valence-electron chi connectivity index (χ2n) is 14.0. The molecule has 0 aliphatic carbocycles. The van der Waals surface area contributed by atoms with E-state index in [9.17, 15) is 0 Å². The Morgan fingerprint density at radius 3 is 1.85 bits per heavy atom. The van der Waals surface area contributed by atoms with Gasteiger partial charge in [0.15, 0.2) is 0 Å². The number of hydrogen-bond donors (Lipinski definition) is 0. The zero-order valence-corrected chi connectivity index (χ0v) is 26.4.